The second-order valence-corrected chi connectivity index (χ2v) is 4.61. The molecule has 19 heavy (non-hydrogen) atoms. The zero-order chi connectivity index (χ0) is 13.5. The van der Waals surface area contributed by atoms with Crippen molar-refractivity contribution in [3.05, 3.63) is 59.4 Å². The molecule has 0 unspecified atom stereocenters. The Labute approximate surface area is 114 Å². The molecule has 1 N–H and O–H groups in total. The van der Waals surface area contributed by atoms with Crippen LogP contribution in [-0.4, -0.2) is 18.6 Å². The van der Waals surface area contributed by atoms with Gasteiger partial charge in [-0.15, -0.1) is 0 Å². The Morgan fingerprint density at radius 1 is 1.21 bits per heavy atom. The molecule has 2 aromatic rings. The van der Waals surface area contributed by atoms with Crippen LogP contribution in [0.1, 0.15) is 16.7 Å². The third kappa shape index (κ3) is 4.07. The first-order valence-electron chi connectivity index (χ1n) is 6.53. The molecule has 0 atom stereocenters. The molecule has 0 spiro atoms. The van der Waals surface area contributed by atoms with Crippen molar-refractivity contribution in [3.8, 4) is 5.75 Å². The molecule has 0 fully saturated rings. The summed E-state index contributed by atoms with van der Waals surface area (Å²) in [6.45, 7) is 3.84. The lowest BCUT2D eigenvalue weighted by Gasteiger charge is -2.09. The number of hydrogen-bond acceptors (Lipinski definition) is 3. The number of aromatic nitrogens is 1. The number of methoxy groups -OCH3 is 1. The van der Waals surface area contributed by atoms with Crippen LogP contribution < -0.4 is 10.1 Å². The van der Waals surface area contributed by atoms with E-state index in [0.717, 1.165) is 25.3 Å². The van der Waals surface area contributed by atoms with Crippen LogP contribution in [0, 0.1) is 6.92 Å². The molecule has 1 aromatic heterocycles. The summed E-state index contributed by atoms with van der Waals surface area (Å²) in [5.41, 5.74) is 3.66. The molecule has 0 bridgehead atoms. The molecule has 3 nitrogen and oxygen atoms in total. The van der Waals surface area contributed by atoms with E-state index in [9.17, 15) is 0 Å². The lowest BCUT2D eigenvalue weighted by atomic mass is 10.1. The first-order valence-corrected chi connectivity index (χ1v) is 6.53. The summed E-state index contributed by atoms with van der Waals surface area (Å²) in [4.78, 5) is 4.19. The fourth-order valence-corrected chi connectivity index (χ4v) is 2.08. The van der Waals surface area contributed by atoms with Gasteiger partial charge in [-0.3, -0.25) is 4.98 Å². The van der Waals surface area contributed by atoms with Gasteiger partial charge in [0.2, 0.25) is 0 Å². The smallest absolute Gasteiger partial charge is 0.122 e. The molecule has 0 radical (unpaired) electrons. The SMILES string of the molecule is COc1ccccc1CCNCc1cncc(C)c1. The van der Waals surface area contributed by atoms with E-state index in [4.69, 9.17) is 4.74 Å². The molecule has 100 valence electrons. The first kappa shape index (κ1) is 13.6. The average molecular weight is 256 g/mol. The molecular weight excluding hydrogens is 236 g/mol. The van der Waals surface area contributed by atoms with Gasteiger partial charge in [0.15, 0.2) is 0 Å². The van der Waals surface area contributed by atoms with Crippen LogP contribution in [0.15, 0.2) is 42.7 Å². The zero-order valence-electron chi connectivity index (χ0n) is 11.5. The maximum atomic E-state index is 5.34. The second-order valence-electron chi connectivity index (χ2n) is 4.61. The molecule has 0 amide bonds. The lowest BCUT2D eigenvalue weighted by molar-refractivity contribution is 0.409. The highest BCUT2D eigenvalue weighted by Crippen LogP contribution is 2.17. The van der Waals surface area contributed by atoms with Gasteiger partial charge in [0.1, 0.15) is 5.75 Å². The van der Waals surface area contributed by atoms with Crippen LogP contribution >= 0.6 is 0 Å². The van der Waals surface area contributed by atoms with E-state index in [0.29, 0.717) is 0 Å². The molecular formula is C16H20N2O. The van der Waals surface area contributed by atoms with E-state index >= 15 is 0 Å². The average Bonchev–Trinajstić information content (AvgIpc) is 2.44. The number of benzene rings is 1. The van der Waals surface area contributed by atoms with Crippen LogP contribution in [0.25, 0.3) is 0 Å². The largest absolute Gasteiger partial charge is 0.496 e. The molecule has 0 aliphatic carbocycles. The monoisotopic (exact) mass is 256 g/mol. The van der Waals surface area contributed by atoms with Crippen LogP contribution in [0.4, 0.5) is 0 Å². The van der Waals surface area contributed by atoms with Crippen LogP contribution in [0.3, 0.4) is 0 Å². The van der Waals surface area contributed by atoms with Gasteiger partial charge in [0.25, 0.3) is 0 Å². The van der Waals surface area contributed by atoms with Gasteiger partial charge in [-0.05, 0) is 42.6 Å². The summed E-state index contributed by atoms with van der Waals surface area (Å²) in [5, 5.41) is 3.43. The van der Waals surface area contributed by atoms with E-state index in [-0.39, 0.29) is 0 Å². The fourth-order valence-electron chi connectivity index (χ4n) is 2.08. The van der Waals surface area contributed by atoms with Gasteiger partial charge in [0.05, 0.1) is 7.11 Å². The normalized spacial score (nSPS) is 10.4. The molecule has 0 aliphatic heterocycles. The third-order valence-electron chi connectivity index (χ3n) is 3.02. The number of pyridine rings is 1. The number of rotatable bonds is 6. The topological polar surface area (TPSA) is 34.1 Å². The van der Waals surface area contributed by atoms with E-state index in [1.165, 1.54) is 16.7 Å². The van der Waals surface area contributed by atoms with Gasteiger partial charge in [-0.1, -0.05) is 24.3 Å². The van der Waals surface area contributed by atoms with Gasteiger partial charge in [-0.25, -0.2) is 0 Å². The Balaban J connectivity index is 1.81. The van der Waals surface area contributed by atoms with Crippen molar-refractivity contribution in [2.24, 2.45) is 0 Å². The number of nitrogens with zero attached hydrogens (tertiary/aromatic N) is 1. The van der Waals surface area contributed by atoms with Crippen molar-refractivity contribution in [1.29, 1.82) is 0 Å². The minimum atomic E-state index is 0.851. The van der Waals surface area contributed by atoms with Crippen molar-refractivity contribution in [3.63, 3.8) is 0 Å². The van der Waals surface area contributed by atoms with E-state index in [1.807, 2.05) is 30.6 Å². The molecule has 0 saturated carbocycles. The van der Waals surface area contributed by atoms with E-state index in [1.54, 1.807) is 7.11 Å². The van der Waals surface area contributed by atoms with Crippen molar-refractivity contribution in [1.82, 2.24) is 10.3 Å². The minimum absolute atomic E-state index is 0.851. The van der Waals surface area contributed by atoms with E-state index in [2.05, 4.69) is 29.4 Å². The highest BCUT2D eigenvalue weighted by Gasteiger charge is 2.01. The molecule has 3 heteroatoms. The maximum Gasteiger partial charge on any atom is 0.122 e. The Hall–Kier alpha value is -1.87. The summed E-state index contributed by atoms with van der Waals surface area (Å²) in [6.07, 6.45) is 4.74. The van der Waals surface area contributed by atoms with Crippen molar-refractivity contribution < 1.29 is 4.74 Å². The Morgan fingerprint density at radius 3 is 2.84 bits per heavy atom. The molecule has 0 aliphatic rings. The van der Waals surface area contributed by atoms with Crippen LogP contribution in [0.5, 0.6) is 5.75 Å². The third-order valence-corrected chi connectivity index (χ3v) is 3.02. The van der Waals surface area contributed by atoms with Crippen molar-refractivity contribution >= 4 is 0 Å². The summed E-state index contributed by atoms with van der Waals surface area (Å²) in [6, 6.07) is 10.3. The second kappa shape index (κ2) is 6.90. The number of nitrogens with one attached hydrogen (secondary N) is 1. The Kier molecular flexibility index (Phi) is 4.93. The van der Waals surface area contributed by atoms with Gasteiger partial charge in [-0.2, -0.15) is 0 Å². The Morgan fingerprint density at radius 2 is 2.05 bits per heavy atom. The van der Waals surface area contributed by atoms with Gasteiger partial charge >= 0.3 is 0 Å². The number of para-hydroxylation sites is 1. The summed E-state index contributed by atoms with van der Waals surface area (Å²) >= 11 is 0. The molecule has 0 saturated heterocycles. The molecule has 1 heterocycles. The number of aryl methyl sites for hydroxylation is 1. The van der Waals surface area contributed by atoms with Crippen LogP contribution in [-0.2, 0) is 13.0 Å². The summed E-state index contributed by atoms with van der Waals surface area (Å²) < 4.78 is 5.34. The predicted octanol–water partition coefficient (Wildman–Crippen LogP) is 2.73. The van der Waals surface area contributed by atoms with Crippen molar-refractivity contribution in [2.75, 3.05) is 13.7 Å². The quantitative estimate of drug-likeness (QED) is 0.807. The van der Waals surface area contributed by atoms with E-state index < -0.39 is 0 Å². The van der Waals surface area contributed by atoms with Crippen LogP contribution in [0.2, 0.25) is 0 Å². The fraction of sp³-hybridized carbons (Fsp3) is 0.312. The predicted molar refractivity (Wildman–Crippen MR) is 77.4 cm³/mol. The zero-order valence-corrected chi connectivity index (χ0v) is 11.5. The van der Waals surface area contributed by atoms with Gasteiger partial charge < -0.3 is 10.1 Å². The first-order chi connectivity index (χ1) is 9.29. The highest BCUT2D eigenvalue weighted by atomic mass is 16.5. The highest BCUT2D eigenvalue weighted by molar-refractivity contribution is 5.33. The lowest BCUT2D eigenvalue weighted by Crippen LogP contribution is -2.17. The molecule has 2 rings (SSSR count). The minimum Gasteiger partial charge on any atom is -0.496 e. The summed E-state index contributed by atoms with van der Waals surface area (Å²) in [7, 11) is 1.71. The summed E-state index contributed by atoms with van der Waals surface area (Å²) in [5.74, 6) is 0.960. The Bertz CT molecular complexity index is 526. The maximum absolute atomic E-state index is 5.34. The molecule has 1 aromatic carbocycles. The standard InChI is InChI=1S/C16H20N2O/c1-13-9-14(12-18-10-13)11-17-8-7-15-5-3-4-6-16(15)19-2/h3-6,9-10,12,17H,7-8,11H2,1-2H3. The number of hydrogen-bond donors (Lipinski definition) is 1. The van der Waals surface area contributed by atoms with Crippen molar-refractivity contribution in [2.45, 2.75) is 19.9 Å². The number of ether oxygens (including phenoxy) is 1. The van der Waals surface area contributed by atoms with Gasteiger partial charge in [0, 0.05) is 18.9 Å².